The molecule has 0 N–H and O–H groups in total. The van der Waals surface area contributed by atoms with E-state index in [1.807, 2.05) is 24.9 Å². The molecule has 4 nitrogen and oxygen atoms in total. The lowest BCUT2D eigenvalue weighted by atomic mass is 9.73. The van der Waals surface area contributed by atoms with Crippen LogP contribution in [0.15, 0.2) is 12.4 Å². The number of nitrogens with zero attached hydrogens (tertiary/aromatic N) is 3. The summed E-state index contributed by atoms with van der Waals surface area (Å²) < 4.78 is 2.01. The largest absolute Gasteiger partial charge is 0.328 e. The molecule has 20 heavy (non-hydrogen) atoms. The Morgan fingerprint density at radius 1 is 1.45 bits per heavy atom. The summed E-state index contributed by atoms with van der Waals surface area (Å²) >= 11 is 0. The van der Waals surface area contributed by atoms with Crippen LogP contribution >= 0.6 is 0 Å². The first-order valence-corrected chi connectivity index (χ1v) is 7.74. The molecule has 1 saturated carbocycles. The highest BCUT2D eigenvalue weighted by Gasteiger charge is 2.44. The molecule has 1 aromatic heterocycles. The van der Waals surface area contributed by atoms with Crippen LogP contribution in [0.3, 0.4) is 0 Å². The molecule has 1 heterocycles. The SMILES string of the molecule is CCCn1ccnc1C(=O)C1(N(C)C)CCC(C)CC1. The van der Waals surface area contributed by atoms with Gasteiger partial charge in [0, 0.05) is 18.9 Å². The van der Waals surface area contributed by atoms with Crippen molar-refractivity contribution in [3.63, 3.8) is 0 Å². The summed E-state index contributed by atoms with van der Waals surface area (Å²) in [5.41, 5.74) is -0.358. The first-order valence-electron chi connectivity index (χ1n) is 7.74. The molecule has 0 spiro atoms. The number of carbonyl (C=O) groups is 1. The Labute approximate surface area is 122 Å². The standard InChI is InChI=1S/C16H27N3O/c1-5-11-19-12-10-17-15(19)14(20)16(18(3)4)8-6-13(2)7-9-16/h10,12-13H,5-9,11H2,1-4H3. The molecular weight excluding hydrogens is 250 g/mol. The molecule has 0 atom stereocenters. The maximum absolute atomic E-state index is 13.1. The lowest BCUT2D eigenvalue weighted by Crippen LogP contribution is -2.53. The van der Waals surface area contributed by atoms with Crippen molar-refractivity contribution in [3.8, 4) is 0 Å². The Balaban J connectivity index is 2.30. The Kier molecular flexibility index (Phi) is 4.63. The average molecular weight is 277 g/mol. The van der Waals surface area contributed by atoms with Gasteiger partial charge in [-0.2, -0.15) is 0 Å². The van der Waals surface area contributed by atoms with Crippen LogP contribution in [0.2, 0.25) is 0 Å². The molecule has 112 valence electrons. The Bertz CT molecular complexity index is 456. The van der Waals surface area contributed by atoms with E-state index >= 15 is 0 Å². The number of carbonyl (C=O) groups excluding carboxylic acids is 1. The van der Waals surface area contributed by atoms with Crippen LogP contribution in [0.1, 0.15) is 56.6 Å². The van der Waals surface area contributed by atoms with Gasteiger partial charge in [0.1, 0.15) is 0 Å². The Hall–Kier alpha value is -1.16. The third-order valence-corrected chi connectivity index (χ3v) is 4.76. The molecule has 2 rings (SSSR count). The van der Waals surface area contributed by atoms with E-state index in [1.165, 1.54) is 0 Å². The minimum Gasteiger partial charge on any atom is -0.328 e. The number of hydrogen-bond donors (Lipinski definition) is 0. The molecule has 1 aliphatic carbocycles. The van der Waals surface area contributed by atoms with Crippen LogP contribution < -0.4 is 0 Å². The van der Waals surface area contributed by atoms with Gasteiger partial charge in [0.2, 0.25) is 5.78 Å². The van der Waals surface area contributed by atoms with Crippen molar-refractivity contribution in [2.45, 2.75) is 58.0 Å². The predicted molar refractivity (Wildman–Crippen MR) is 80.9 cm³/mol. The number of Topliss-reactive ketones (excluding diaryl/α,β-unsaturated/α-hetero) is 1. The molecule has 0 bridgehead atoms. The fraction of sp³-hybridized carbons (Fsp3) is 0.750. The van der Waals surface area contributed by atoms with Gasteiger partial charge in [-0.1, -0.05) is 13.8 Å². The number of aromatic nitrogens is 2. The highest BCUT2D eigenvalue weighted by atomic mass is 16.1. The molecule has 0 amide bonds. The van der Waals surface area contributed by atoms with E-state index < -0.39 is 0 Å². The summed E-state index contributed by atoms with van der Waals surface area (Å²) in [6, 6.07) is 0. The molecule has 1 aromatic rings. The van der Waals surface area contributed by atoms with E-state index in [-0.39, 0.29) is 11.3 Å². The summed E-state index contributed by atoms with van der Waals surface area (Å²) in [7, 11) is 4.06. The van der Waals surface area contributed by atoms with E-state index in [9.17, 15) is 4.79 Å². The first-order chi connectivity index (χ1) is 9.51. The second-order valence-corrected chi connectivity index (χ2v) is 6.38. The average Bonchev–Trinajstić information content (AvgIpc) is 2.87. The summed E-state index contributed by atoms with van der Waals surface area (Å²) in [6.45, 7) is 5.27. The van der Waals surface area contributed by atoms with Crippen molar-refractivity contribution in [2.24, 2.45) is 5.92 Å². The van der Waals surface area contributed by atoms with Gasteiger partial charge in [0.05, 0.1) is 5.54 Å². The zero-order chi connectivity index (χ0) is 14.8. The van der Waals surface area contributed by atoms with Gasteiger partial charge in [0.25, 0.3) is 0 Å². The van der Waals surface area contributed by atoms with E-state index in [2.05, 4.69) is 23.7 Å². The summed E-state index contributed by atoms with van der Waals surface area (Å²) in [4.78, 5) is 19.6. The van der Waals surface area contributed by atoms with Crippen LogP contribution in [0, 0.1) is 5.92 Å². The number of hydrogen-bond acceptors (Lipinski definition) is 3. The lowest BCUT2D eigenvalue weighted by Gasteiger charge is -2.42. The maximum Gasteiger partial charge on any atom is 0.218 e. The van der Waals surface area contributed by atoms with E-state index in [0.29, 0.717) is 5.82 Å². The smallest absolute Gasteiger partial charge is 0.218 e. The zero-order valence-electron chi connectivity index (χ0n) is 13.2. The molecule has 0 radical (unpaired) electrons. The van der Waals surface area contributed by atoms with Crippen molar-refractivity contribution < 1.29 is 4.79 Å². The minimum atomic E-state index is -0.358. The summed E-state index contributed by atoms with van der Waals surface area (Å²) in [5, 5.41) is 0. The molecule has 0 saturated heterocycles. The molecule has 1 fully saturated rings. The van der Waals surface area contributed by atoms with Gasteiger partial charge in [-0.05, 0) is 52.1 Å². The molecule has 0 aliphatic heterocycles. The van der Waals surface area contributed by atoms with Gasteiger partial charge in [0.15, 0.2) is 5.82 Å². The van der Waals surface area contributed by atoms with Crippen molar-refractivity contribution in [2.75, 3.05) is 14.1 Å². The second kappa shape index (κ2) is 6.08. The van der Waals surface area contributed by atoms with Crippen LogP contribution in [0.5, 0.6) is 0 Å². The fourth-order valence-corrected chi connectivity index (χ4v) is 3.26. The maximum atomic E-state index is 13.1. The van der Waals surface area contributed by atoms with E-state index in [0.717, 1.165) is 44.6 Å². The molecule has 1 aliphatic rings. The lowest BCUT2D eigenvalue weighted by molar-refractivity contribution is 0.0497. The van der Waals surface area contributed by atoms with Crippen LogP contribution in [0.25, 0.3) is 0 Å². The van der Waals surface area contributed by atoms with Crippen LogP contribution in [-0.4, -0.2) is 39.9 Å². The number of ketones is 1. The van der Waals surface area contributed by atoms with Crippen LogP contribution in [0.4, 0.5) is 0 Å². The number of likely N-dealkylation sites (N-methyl/N-ethyl adjacent to an activating group) is 1. The van der Waals surface area contributed by atoms with Crippen LogP contribution in [-0.2, 0) is 6.54 Å². The minimum absolute atomic E-state index is 0.202. The van der Waals surface area contributed by atoms with Crippen molar-refractivity contribution >= 4 is 5.78 Å². The topological polar surface area (TPSA) is 38.1 Å². The molecule has 0 aromatic carbocycles. The zero-order valence-corrected chi connectivity index (χ0v) is 13.2. The summed E-state index contributed by atoms with van der Waals surface area (Å²) in [5.74, 6) is 1.56. The van der Waals surface area contributed by atoms with E-state index in [4.69, 9.17) is 0 Å². The predicted octanol–water partition coefficient (Wildman–Crippen LogP) is 2.99. The number of aryl methyl sites for hydroxylation is 1. The van der Waals surface area contributed by atoms with Gasteiger partial charge in [-0.3, -0.25) is 9.69 Å². The first kappa shape index (κ1) is 15.2. The second-order valence-electron chi connectivity index (χ2n) is 6.38. The molecular formula is C16H27N3O. The van der Waals surface area contributed by atoms with Crippen molar-refractivity contribution in [3.05, 3.63) is 18.2 Å². The van der Waals surface area contributed by atoms with Crippen molar-refractivity contribution in [1.29, 1.82) is 0 Å². The van der Waals surface area contributed by atoms with Crippen molar-refractivity contribution in [1.82, 2.24) is 14.5 Å². The highest BCUT2D eigenvalue weighted by Crippen LogP contribution is 2.37. The van der Waals surface area contributed by atoms with Gasteiger partial charge < -0.3 is 4.57 Å². The quantitative estimate of drug-likeness (QED) is 0.777. The third-order valence-electron chi connectivity index (χ3n) is 4.76. The monoisotopic (exact) mass is 277 g/mol. The van der Waals surface area contributed by atoms with E-state index in [1.54, 1.807) is 6.20 Å². The number of imidazole rings is 1. The summed E-state index contributed by atoms with van der Waals surface area (Å²) in [6.07, 6.45) is 8.82. The fourth-order valence-electron chi connectivity index (χ4n) is 3.26. The number of rotatable bonds is 5. The molecule has 0 unspecified atom stereocenters. The Morgan fingerprint density at radius 3 is 2.65 bits per heavy atom. The third kappa shape index (κ3) is 2.66. The normalized spacial score (nSPS) is 26.9. The Morgan fingerprint density at radius 2 is 2.10 bits per heavy atom. The van der Waals surface area contributed by atoms with Gasteiger partial charge in [-0.15, -0.1) is 0 Å². The van der Waals surface area contributed by atoms with Gasteiger partial charge in [-0.25, -0.2) is 4.98 Å². The van der Waals surface area contributed by atoms with Gasteiger partial charge >= 0.3 is 0 Å². The highest BCUT2D eigenvalue weighted by molar-refractivity contribution is 6.00. The molecule has 4 heteroatoms.